The van der Waals surface area contributed by atoms with E-state index in [-0.39, 0.29) is 11.7 Å². The Hall–Kier alpha value is -2.54. The van der Waals surface area contributed by atoms with Crippen LogP contribution >= 0.6 is 0 Å². The quantitative estimate of drug-likeness (QED) is 0.756. The van der Waals surface area contributed by atoms with Gasteiger partial charge in [0.1, 0.15) is 5.75 Å². The highest BCUT2D eigenvalue weighted by Gasteiger charge is 2.28. The van der Waals surface area contributed by atoms with Gasteiger partial charge in [0.25, 0.3) is 0 Å². The molecule has 7 heteroatoms. The zero-order chi connectivity index (χ0) is 18.4. The van der Waals surface area contributed by atoms with Crippen molar-refractivity contribution in [2.24, 2.45) is 0 Å². The van der Waals surface area contributed by atoms with Gasteiger partial charge in [0, 0.05) is 18.7 Å². The lowest BCUT2D eigenvalue weighted by Gasteiger charge is -2.17. The normalized spacial score (nSPS) is 15.6. The van der Waals surface area contributed by atoms with Crippen molar-refractivity contribution in [3.63, 3.8) is 0 Å². The van der Waals surface area contributed by atoms with Crippen LogP contribution in [0.4, 0.5) is 11.4 Å². The number of para-hydroxylation sites is 1. The third-order valence-corrected chi connectivity index (χ3v) is 5.95. The number of sulfonamides is 1. The average molecular weight is 374 g/mol. The Morgan fingerprint density at radius 2 is 1.92 bits per heavy atom. The van der Waals surface area contributed by atoms with Gasteiger partial charge in [0.2, 0.25) is 15.9 Å². The number of nitrogens with zero attached hydrogens (tertiary/aromatic N) is 1. The van der Waals surface area contributed by atoms with Gasteiger partial charge in [-0.3, -0.25) is 9.10 Å². The summed E-state index contributed by atoms with van der Waals surface area (Å²) in [6.07, 6.45) is 1.56. The van der Waals surface area contributed by atoms with Gasteiger partial charge in [-0.2, -0.15) is 0 Å². The van der Waals surface area contributed by atoms with Gasteiger partial charge in [0.05, 0.1) is 18.0 Å². The van der Waals surface area contributed by atoms with E-state index in [1.165, 1.54) is 4.31 Å². The number of anilines is 2. The molecule has 1 fully saturated rings. The standard InChI is InChI=1S/C19H22N2O4S/c22-19(11-5-13-25-18-9-2-1-3-10-18)20-16-7-4-8-17(15-16)21-12-6-14-26(21,23)24/h1-4,7-10,15H,5-6,11-14H2,(H,20,22). The lowest BCUT2D eigenvalue weighted by molar-refractivity contribution is -0.116. The van der Waals surface area contributed by atoms with Crippen molar-refractivity contribution in [2.45, 2.75) is 19.3 Å². The molecule has 6 nitrogen and oxygen atoms in total. The molecule has 1 heterocycles. The lowest BCUT2D eigenvalue weighted by atomic mass is 10.2. The number of nitrogens with one attached hydrogen (secondary N) is 1. The Labute approximate surface area is 153 Å². The SMILES string of the molecule is O=C(CCCOc1ccccc1)Nc1cccc(N2CCCS2(=O)=O)c1. The molecule has 0 spiro atoms. The maximum absolute atomic E-state index is 12.1. The highest BCUT2D eigenvalue weighted by molar-refractivity contribution is 7.93. The van der Waals surface area contributed by atoms with Gasteiger partial charge >= 0.3 is 0 Å². The summed E-state index contributed by atoms with van der Waals surface area (Å²) in [6.45, 7) is 0.944. The molecule has 26 heavy (non-hydrogen) atoms. The summed E-state index contributed by atoms with van der Waals surface area (Å²) < 4.78 is 31.0. The minimum Gasteiger partial charge on any atom is -0.494 e. The fraction of sp³-hybridized carbons (Fsp3) is 0.316. The molecular formula is C19H22N2O4S. The number of benzene rings is 2. The molecule has 1 aliphatic heterocycles. The fourth-order valence-corrected chi connectivity index (χ4v) is 4.39. The molecule has 1 saturated heterocycles. The summed E-state index contributed by atoms with van der Waals surface area (Å²) in [5, 5.41) is 2.82. The molecule has 0 atom stereocenters. The second kappa shape index (κ2) is 8.23. The number of amides is 1. The van der Waals surface area contributed by atoms with E-state index in [1.54, 1.807) is 24.3 Å². The maximum Gasteiger partial charge on any atom is 0.235 e. The third-order valence-electron chi connectivity index (χ3n) is 4.08. The first-order chi connectivity index (χ1) is 12.5. The molecule has 2 aromatic rings. The number of hydrogen-bond acceptors (Lipinski definition) is 4. The predicted octanol–water partition coefficient (Wildman–Crippen LogP) is 3.02. The Bertz CT molecular complexity index is 853. The van der Waals surface area contributed by atoms with E-state index < -0.39 is 10.0 Å². The molecule has 0 bridgehead atoms. The maximum atomic E-state index is 12.1. The van der Waals surface area contributed by atoms with E-state index >= 15 is 0 Å². The summed E-state index contributed by atoms with van der Waals surface area (Å²) in [5.74, 6) is 0.834. The van der Waals surface area contributed by atoms with Gasteiger partial charge in [-0.1, -0.05) is 24.3 Å². The van der Waals surface area contributed by atoms with Crippen LogP contribution in [0.25, 0.3) is 0 Å². The van der Waals surface area contributed by atoms with Crippen molar-refractivity contribution in [3.05, 3.63) is 54.6 Å². The van der Waals surface area contributed by atoms with Crippen LogP contribution in [-0.4, -0.2) is 33.2 Å². The van der Waals surface area contributed by atoms with E-state index in [9.17, 15) is 13.2 Å². The van der Waals surface area contributed by atoms with Gasteiger partial charge in [-0.25, -0.2) is 8.42 Å². The molecule has 1 aliphatic rings. The van der Waals surface area contributed by atoms with E-state index in [4.69, 9.17) is 4.74 Å². The van der Waals surface area contributed by atoms with Gasteiger partial charge in [-0.15, -0.1) is 0 Å². The second-order valence-electron chi connectivity index (χ2n) is 6.11. The summed E-state index contributed by atoms with van der Waals surface area (Å²) in [4.78, 5) is 12.1. The van der Waals surface area contributed by atoms with Crippen molar-refractivity contribution in [3.8, 4) is 5.75 Å². The summed E-state index contributed by atoms with van der Waals surface area (Å²) in [7, 11) is -3.23. The summed E-state index contributed by atoms with van der Waals surface area (Å²) >= 11 is 0. The highest BCUT2D eigenvalue weighted by Crippen LogP contribution is 2.26. The van der Waals surface area contributed by atoms with Crippen molar-refractivity contribution >= 4 is 27.3 Å². The molecule has 3 rings (SSSR count). The van der Waals surface area contributed by atoms with Crippen LogP contribution < -0.4 is 14.4 Å². The Morgan fingerprint density at radius 3 is 2.65 bits per heavy atom. The summed E-state index contributed by atoms with van der Waals surface area (Å²) in [6, 6.07) is 16.4. The van der Waals surface area contributed by atoms with Crippen LogP contribution in [0.5, 0.6) is 5.75 Å². The fourth-order valence-electron chi connectivity index (χ4n) is 2.83. The first-order valence-corrected chi connectivity index (χ1v) is 10.2. The van der Waals surface area contributed by atoms with Crippen molar-refractivity contribution in [2.75, 3.05) is 28.5 Å². The highest BCUT2D eigenvalue weighted by atomic mass is 32.2. The monoisotopic (exact) mass is 374 g/mol. The zero-order valence-corrected chi connectivity index (χ0v) is 15.2. The number of rotatable bonds is 7. The van der Waals surface area contributed by atoms with Crippen LogP contribution in [0.15, 0.2) is 54.6 Å². The molecule has 138 valence electrons. The topological polar surface area (TPSA) is 75.7 Å². The smallest absolute Gasteiger partial charge is 0.235 e. The van der Waals surface area contributed by atoms with Crippen LogP contribution in [0, 0.1) is 0 Å². The van der Waals surface area contributed by atoms with Crippen LogP contribution in [-0.2, 0) is 14.8 Å². The van der Waals surface area contributed by atoms with E-state index in [1.807, 2.05) is 30.3 Å². The minimum absolute atomic E-state index is 0.122. The molecule has 0 radical (unpaired) electrons. The molecule has 1 N–H and O–H groups in total. The average Bonchev–Trinajstić information content (AvgIpc) is 2.99. The molecule has 1 amide bonds. The zero-order valence-electron chi connectivity index (χ0n) is 14.4. The molecule has 0 saturated carbocycles. The number of carbonyl (C=O) groups is 1. The summed E-state index contributed by atoms with van der Waals surface area (Å²) in [5.41, 5.74) is 1.19. The van der Waals surface area contributed by atoms with Gasteiger partial charge < -0.3 is 10.1 Å². The number of carbonyl (C=O) groups excluding carboxylic acids is 1. The molecule has 0 aromatic heterocycles. The molecule has 0 aliphatic carbocycles. The second-order valence-corrected chi connectivity index (χ2v) is 8.12. The first-order valence-electron chi connectivity index (χ1n) is 8.63. The van der Waals surface area contributed by atoms with Crippen LogP contribution in [0.1, 0.15) is 19.3 Å². The number of hydrogen-bond donors (Lipinski definition) is 1. The molecular weight excluding hydrogens is 352 g/mol. The Morgan fingerprint density at radius 1 is 1.12 bits per heavy atom. The van der Waals surface area contributed by atoms with Crippen LogP contribution in [0.3, 0.4) is 0 Å². The van der Waals surface area contributed by atoms with Crippen molar-refractivity contribution in [1.82, 2.24) is 0 Å². The lowest BCUT2D eigenvalue weighted by Crippen LogP contribution is -2.25. The van der Waals surface area contributed by atoms with Crippen LogP contribution in [0.2, 0.25) is 0 Å². The number of ether oxygens (including phenoxy) is 1. The van der Waals surface area contributed by atoms with E-state index in [2.05, 4.69) is 5.32 Å². The molecule has 0 unspecified atom stereocenters. The van der Waals surface area contributed by atoms with E-state index in [0.29, 0.717) is 43.8 Å². The van der Waals surface area contributed by atoms with Crippen molar-refractivity contribution in [1.29, 1.82) is 0 Å². The Balaban J connectivity index is 1.49. The van der Waals surface area contributed by atoms with E-state index in [0.717, 1.165) is 5.75 Å². The predicted molar refractivity (Wildman–Crippen MR) is 102 cm³/mol. The minimum atomic E-state index is -3.23. The Kier molecular flexibility index (Phi) is 5.78. The first kappa shape index (κ1) is 18.3. The largest absolute Gasteiger partial charge is 0.494 e. The van der Waals surface area contributed by atoms with Gasteiger partial charge in [-0.05, 0) is 43.2 Å². The van der Waals surface area contributed by atoms with Crippen molar-refractivity contribution < 1.29 is 17.9 Å². The van der Waals surface area contributed by atoms with Gasteiger partial charge in [0.15, 0.2) is 0 Å². The third kappa shape index (κ3) is 4.76. The molecule has 2 aromatic carbocycles.